The van der Waals surface area contributed by atoms with Crippen LogP contribution in [0.25, 0.3) is 5.69 Å². The highest BCUT2D eigenvalue weighted by molar-refractivity contribution is 7.00. The summed E-state index contributed by atoms with van der Waals surface area (Å²) < 4.78 is 2.65. The van der Waals surface area contributed by atoms with E-state index in [4.69, 9.17) is 0 Å². The van der Waals surface area contributed by atoms with Gasteiger partial charge in [0.1, 0.15) is 0 Å². The molecular formula is C50H39BN4. The summed E-state index contributed by atoms with van der Waals surface area (Å²) in [5.41, 5.74) is 19.0. The van der Waals surface area contributed by atoms with Crippen LogP contribution in [0.1, 0.15) is 24.1 Å². The highest BCUT2D eigenvalue weighted by Gasteiger charge is 2.47. The molecule has 0 amide bonds. The SMILES string of the molecule is c1ccc(N(c2ccccc2)c2ccc3c(c2)N(c2ccccc2)c2cccc4c2B3c2c(c3c(n2-c2ccccc2)CCCC3)N4c2ccccc2)cc1. The summed E-state index contributed by atoms with van der Waals surface area (Å²) in [4.78, 5) is 7.47. The summed E-state index contributed by atoms with van der Waals surface area (Å²) in [5.74, 6) is 0. The Hall–Kier alpha value is -6.72. The molecule has 3 heterocycles. The second kappa shape index (κ2) is 13.0. The molecule has 7 aromatic carbocycles. The Bertz CT molecular complexity index is 2620. The van der Waals surface area contributed by atoms with E-state index in [0.717, 1.165) is 35.6 Å². The molecule has 0 unspecified atom stereocenters. The van der Waals surface area contributed by atoms with Crippen LogP contribution >= 0.6 is 0 Å². The Morgan fingerprint density at radius 1 is 0.436 bits per heavy atom. The summed E-state index contributed by atoms with van der Waals surface area (Å²) >= 11 is 0. The second-order valence-electron chi connectivity index (χ2n) is 14.8. The van der Waals surface area contributed by atoms with Gasteiger partial charge in [-0.2, -0.15) is 0 Å². The molecule has 1 aliphatic carbocycles. The van der Waals surface area contributed by atoms with Crippen LogP contribution in [0.15, 0.2) is 188 Å². The van der Waals surface area contributed by atoms with E-state index in [1.807, 2.05) is 0 Å². The lowest BCUT2D eigenvalue weighted by Crippen LogP contribution is -2.63. The number of fused-ring (bicyclic) bond motifs is 6. The monoisotopic (exact) mass is 706 g/mol. The number of para-hydroxylation sites is 5. The van der Waals surface area contributed by atoms with Gasteiger partial charge in [0.25, 0.3) is 6.71 Å². The van der Waals surface area contributed by atoms with Gasteiger partial charge in [-0.15, -0.1) is 0 Å². The van der Waals surface area contributed by atoms with Gasteiger partial charge in [0, 0.05) is 62.5 Å². The molecule has 3 aliphatic rings. The van der Waals surface area contributed by atoms with Crippen LogP contribution in [0.5, 0.6) is 0 Å². The first-order chi connectivity index (χ1) is 27.3. The van der Waals surface area contributed by atoms with Gasteiger partial charge in [-0.05, 0) is 127 Å². The molecular weight excluding hydrogens is 667 g/mol. The van der Waals surface area contributed by atoms with Gasteiger partial charge < -0.3 is 19.3 Å². The van der Waals surface area contributed by atoms with E-state index >= 15 is 0 Å². The fourth-order valence-electron chi connectivity index (χ4n) is 9.51. The molecule has 0 spiro atoms. The summed E-state index contributed by atoms with van der Waals surface area (Å²) in [6.07, 6.45) is 4.55. The number of hydrogen-bond donors (Lipinski definition) is 0. The normalized spacial score (nSPS) is 13.8. The number of anilines is 9. The predicted molar refractivity (Wildman–Crippen MR) is 231 cm³/mol. The third-order valence-electron chi connectivity index (χ3n) is 11.7. The van der Waals surface area contributed by atoms with Crippen LogP contribution < -0.4 is 31.2 Å². The minimum atomic E-state index is 0.0119. The van der Waals surface area contributed by atoms with Crippen LogP contribution in [0.3, 0.4) is 0 Å². The zero-order valence-electron chi connectivity index (χ0n) is 30.6. The molecule has 11 rings (SSSR count). The van der Waals surface area contributed by atoms with Crippen LogP contribution in [-0.2, 0) is 12.8 Å². The van der Waals surface area contributed by atoms with Crippen LogP contribution in [0, 0.1) is 0 Å². The van der Waals surface area contributed by atoms with E-state index in [9.17, 15) is 0 Å². The lowest BCUT2D eigenvalue weighted by molar-refractivity contribution is 0.664. The van der Waals surface area contributed by atoms with Gasteiger partial charge in [0.2, 0.25) is 0 Å². The predicted octanol–water partition coefficient (Wildman–Crippen LogP) is 10.9. The average molecular weight is 707 g/mol. The summed E-state index contributed by atoms with van der Waals surface area (Å²) in [6, 6.07) is 68.7. The molecule has 0 radical (unpaired) electrons. The fraction of sp³-hybridized carbons (Fsp3) is 0.0800. The maximum absolute atomic E-state index is 2.65. The van der Waals surface area contributed by atoms with Crippen LogP contribution in [0.4, 0.5) is 51.2 Å². The Labute approximate surface area is 323 Å². The number of benzene rings is 7. The maximum Gasteiger partial charge on any atom is 0.273 e. The fourth-order valence-corrected chi connectivity index (χ4v) is 9.51. The van der Waals surface area contributed by atoms with E-state index in [-0.39, 0.29) is 6.71 Å². The summed E-state index contributed by atoms with van der Waals surface area (Å²) in [7, 11) is 0. The molecule has 4 nitrogen and oxygen atoms in total. The first-order valence-corrected chi connectivity index (χ1v) is 19.5. The lowest BCUT2D eigenvalue weighted by Gasteiger charge is -2.44. The van der Waals surface area contributed by atoms with Gasteiger partial charge in [0.05, 0.1) is 5.69 Å². The van der Waals surface area contributed by atoms with E-state index in [1.165, 1.54) is 74.7 Å². The van der Waals surface area contributed by atoms with Gasteiger partial charge >= 0.3 is 0 Å². The molecule has 0 N–H and O–H groups in total. The van der Waals surface area contributed by atoms with Crippen molar-refractivity contribution >= 4 is 74.4 Å². The molecule has 55 heavy (non-hydrogen) atoms. The van der Waals surface area contributed by atoms with E-state index < -0.39 is 0 Å². The zero-order valence-corrected chi connectivity index (χ0v) is 30.6. The molecule has 0 atom stereocenters. The average Bonchev–Trinajstić information content (AvgIpc) is 3.60. The molecule has 5 heteroatoms. The molecule has 2 aliphatic heterocycles. The number of rotatable bonds is 6. The highest BCUT2D eigenvalue weighted by Crippen LogP contribution is 2.48. The lowest BCUT2D eigenvalue weighted by atomic mass is 9.35. The van der Waals surface area contributed by atoms with E-state index in [2.05, 4.69) is 207 Å². The third-order valence-corrected chi connectivity index (χ3v) is 11.7. The molecule has 8 aromatic rings. The minimum absolute atomic E-state index is 0.0119. The molecule has 1 aromatic heterocycles. The molecule has 0 bridgehead atoms. The van der Waals surface area contributed by atoms with Crippen molar-refractivity contribution in [2.24, 2.45) is 0 Å². The van der Waals surface area contributed by atoms with Crippen molar-refractivity contribution < 1.29 is 0 Å². The van der Waals surface area contributed by atoms with Crippen LogP contribution in [-0.4, -0.2) is 11.3 Å². The van der Waals surface area contributed by atoms with E-state index in [0.29, 0.717) is 0 Å². The summed E-state index contributed by atoms with van der Waals surface area (Å²) in [6.45, 7) is 0.0119. The standard InChI is InChI=1S/C50H39BN4/c1-6-19-36(20-7-1)52(37-21-8-2-9-22-37)41-33-34-43-47(35-41)53(38-23-10-3-11-24-38)45-31-18-32-46-48(45)51(43)50-49(54(46)39-25-12-4-13-26-39)42-29-16-17-30-44(42)55(50)40-27-14-5-15-28-40/h1-15,18-28,31-35H,16-17,29-30H2. The van der Waals surface area contributed by atoms with Crippen molar-refractivity contribution in [2.45, 2.75) is 25.7 Å². The van der Waals surface area contributed by atoms with Crippen molar-refractivity contribution in [3.63, 3.8) is 0 Å². The van der Waals surface area contributed by atoms with E-state index in [1.54, 1.807) is 0 Å². The number of nitrogens with zero attached hydrogens (tertiary/aromatic N) is 4. The Balaban J connectivity index is 1.24. The van der Waals surface area contributed by atoms with Crippen molar-refractivity contribution in [3.8, 4) is 5.69 Å². The quantitative estimate of drug-likeness (QED) is 0.160. The largest absolute Gasteiger partial charge is 0.323 e. The molecule has 262 valence electrons. The smallest absolute Gasteiger partial charge is 0.273 e. The Kier molecular flexibility index (Phi) is 7.51. The Morgan fingerprint density at radius 2 is 0.964 bits per heavy atom. The first-order valence-electron chi connectivity index (χ1n) is 19.5. The molecule has 0 saturated heterocycles. The van der Waals surface area contributed by atoms with Crippen molar-refractivity contribution in [2.75, 3.05) is 14.7 Å². The second-order valence-corrected chi connectivity index (χ2v) is 14.8. The minimum Gasteiger partial charge on any atom is -0.323 e. The van der Waals surface area contributed by atoms with Crippen LogP contribution in [0.2, 0.25) is 0 Å². The van der Waals surface area contributed by atoms with Gasteiger partial charge in [-0.3, -0.25) is 0 Å². The first kappa shape index (κ1) is 31.8. The van der Waals surface area contributed by atoms with Crippen molar-refractivity contribution in [3.05, 3.63) is 199 Å². The number of hydrogen-bond acceptors (Lipinski definition) is 3. The highest BCUT2D eigenvalue weighted by atomic mass is 15.2. The Morgan fingerprint density at radius 3 is 1.58 bits per heavy atom. The molecule has 0 saturated carbocycles. The topological polar surface area (TPSA) is 14.7 Å². The van der Waals surface area contributed by atoms with Gasteiger partial charge in [-0.25, -0.2) is 0 Å². The van der Waals surface area contributed by atoms with Crippen molar-refractivity contribution in [1.29, 1.82) is 0 Å². The number of aromatic nitrogens is 1. The zero-order chi connectivity index (χ0) is 36.3. The van der Waals surface area contributed by atoms with Crippen molar-refractivity contribution in [1.82, 2.24) is 4.57 Å². The third kappa shape index (κ3) is 5.00. The summed E-state index contributed by atoms with van der Waals surface area (Å²) in [5, 5.41) is 0. The molecule has 0 fully saturated rings. The maximum atomic E-state index is 2.65. The van der Waals surface area contributed by atoms with Gasteiger partial charge in [0.15, 0.2) is 0 Å². The van der Waals surface area contributed by atoms with Gasteiger partial charge in [-0.1, -0.05) is 103 Å².